The minimum Gasteiger partial charge on any atom is -0.338 e. The number of amides is 1. The summed E-state index contributed by atoms with van der Waals surface area (Å²) in [5, 5.41) is 9.60. The van der Waals surface area contributed by atoms with E-state index in [-0.39, 0.29) is 42.9 Å². The molecule has 4 fully saturated rings. The maximum atomic E-state index is 13.1. The number of hydrogen-bond acceptors (Lipinski definition) is 5. The molecular weight excluding hydrogens is 395 g/mol. The first-order valence-corrected chi connectivity index (χ1v) is 11.2. The zero-order valence-corrected chi connectivity index (χ0v) is 17.6. The van der Waals surface area contributed by atoms with Crippen LogP contribution in [-0.4, -0.2) is 73.0 Å². The molecule has 170 valence electrons. The third-order valence-electron chi connectivity index (χ3n) is 7.68. The van der Waals surface area contributed by atoms with Gasteiger partial charge in [0.05, 0.1) is 12.1 Å². The van der Waals surface area contributed by atoms with E-state index in [0.717, 1.165) is 25.9 Å². The first kappa shape index (κ1) is 22.0. The summed E-state index contributed by atoms with van der Waals surface area (Å²) in [6.07, 6.45) is 0.776. The van der Waals surface area contributed by atoms with E-state index >= 15 is 0 Å². The van der Waals surface area contributed by atoms with Crippen LogP contribution in [0.15, 0.2) is 12.7 Å². The number of likely N-dealkylation sites (tertiary alicyclic amines) is 1. The van der Waals surface area contributed by atoms with Crippen LogP contribution in [0.2, 0.25) is 0 Å². The Kier molecular flexibility index (Phi) is 6.44. The minimum absolute atomic E-state index is 0.0167. The summed E-state index contributed by atoms with van der Waals surface area (Å²) in [6.45, 7) is 5.94. The topological polar surface area (TPSA) is 59.6 Å². The number of halogens is 3. The van der Waals surface area contributed by atoms with Gasteiger partial charge in [-0.05, 0) is 56.4 Å². The second-order valence-corrected chi connectivity index (χ2v) is 9.48. The Bertz CT molecular complexity index is 637. The smallest absolute Gasteiger partial charge is 0.338 e. The Hall–Kier alpha value is -1.16. The molecule has 3 saturated heterocycles. The van der Waals surface area contributed by atoms with Gasteiger partial charge in [-0.15, -0.1) is 0 Å². The minimum atomic E-state index is -4.08. The molecule has 3 heterocycles. The predicted molar refractivity (Wildman–Crippen MR) is 108 cm³/mol. The van der Waals surface area contributed by atoms with Crippen molar-refractivity contribution in [3.05, 3.63) is 12.7 Å². The summed E-state index contributed by atoms with van der Waals surface area (Å²) in [7, 11) is 2.04. The summed E-state index contributed by atoms with van der Waals surface area (Å²) in [5.74, 6) is -0.657. The van der Waals surface area contributed by atoms with Crippen LogP contribution in [0.1, 0.15) is 38.5 Å². The van der Waals surface area contributed by atoms with E-state index < -0.39 is 12.1 Å². The molecule has 0 aromatic carbocycles. The van der Waals surface area contributed by atoms with Crippen molar-refractivity contribution in [3.8, 4) is 0 Å². The number of hydrogen-bond donors (Lipinski definition) is 3. The second kappa shape index (κ2) is 8.76. The van der Waals surface area contributed by atoms with Crippen molar-refractivity contribution in [1.82, 2.24) is 26.0 Å². The van der Waals surface area contributed by atoms with Gasteiger partial charge in [-0.2, -0.15) is 13.2 Å². The van der Waals surface area contributed by atoms with Crippen LogP contribution in [0.3, 0.4) is 0 Å². The number of nitrogens with zero attached hydrogens (tertiary/aromatic N) is 2. The van der Waals surface area contributed by atoms with Crippen molar-refractivity contribution >= 4 is 5.91 Å². The normalized spacial score (nSPS) is 40.8. The summed E-state index contributed by atoms with van der Waals surface area (Å²) in [4.78, 5) is 14.0. The molecule has 0 radical (unpaired) electrons. The van der Waals surface area contributed by atoms with Gasteiger partial charge in [-0.25, -0.2) is 5.01 Å². The molecule has 4 aliphatic rings. The second-order valence-electron chi connectivity index (χ2n) is 9.48. The monoisotopic (exact) mass is 429 g/mol. The molecule has 9 heteroatoms. The highest BCUT2D eigenvalue weighted by atomic mass is 19.4. The molecule has 6 nitrogen and oxygen atoms in total. The van der Waals surface area contributed by atoms with Gasteiger partial charge in [0, 0.05) is 44.8 Å². The summed E-state index contributed by atoms with van der Waals surface area (Å²) in [5.41, 5.74) is 3.55. The number of carbonyl (C=O) groups excluding carboxylic acids is 1. The lowest BCUT2D eigenvalue weighted by molar-refractivity contribution is -0.185. The van der Waals surface area contributed by atoms with Crippen LogP contribution >= 0.6 is 0 Å². The third kappa shape index (κ3) is 4.54. The number of fused-ring (bicyclic) bond motifs is 1. The lowest BCUT2D eigenvalue weighted by atomic mass is 9.75. The Morgan fingerprint density at radius 3 is 2.37 bits per heavy atom. The van der Waals surface area contributed by atoms with Gasteiger partial charge in [-0.1, -0.05) is 6.58 Å². The molecule has 3 N–H and O–H groups in total. The molecule has 5 unspecified atom stereocenters. The number of rotatable bonds is 3. The highest BCUT2D eigenvalue weighted by molar-refractivity contribution is 5.87. The standard InChI is InChI=1S/C21H34F3N5O/c1-3-18(30)29-11-8-15-17(12-29)25-20(26-19(15)16-9-10-28(2)27-16)13-4-6-14(7-5-13)21(22,23)24/h3,13-17,19-20,25-27H,1,4-12H2,2H3. The van der Waals surface area contributed by atoms with Crippen molar-refractivity contribution in [1.29, 1.82) is 0 Å². The maximum absolute atomic E-state index is 13.1. The van der Waals surface area contributed by atoms with Gasteiger partial charge in [0.2, 0.25) is 5.91 Å². The zero-order chi connectivity index (χ0) is 21.5. The Morgan fingerprint density at radius 2 is 1.77 bits per heavy atom. The molecule has 5 atom stereocenters. The fourth-order valence-corrected chi connectivity index (χ4v) is 5.99. The number of alkyl halides is 3. The van der Waals surface area contributed by atoms with Crippen molar-refractivity contribution in [2.24, 2.45) is 17.8 Å². The van der Waals surface area contributed by atoms with E-state index in [1.54, 1.807) is 0 Å². The quantitative estimate of drug-likeness (QED) is 0.598. The molecule has 4 rings (SSSR count). The molecule has 1 amide bonds. The molecule has 0 aromatic heterocycles. The van der Waals surface area contributed by atoms with Gasteiger partial charge in [0.1, 0.15) is 0 Å². The fourth-order valence-electron chi connectivity index (χ4n) is 5.99. The molecule has 0 aromatic rings. The highest BCUT2D eigenvalue weighted by Gasteiger charge is 2.48. The van der Waals surface area contributed by atoms with E-state index in [2.05, 4.69) is 27.6 Å². The number of carbonyl (C=O) groups is 1. The molecular formula is C21H34F3N5O. The van der Waals surface area contributed by atoms with Crippen LogP contribution in [-0.2, 0) is 4.79 Å². The lowest BCUT2D eigenvalue weighted by Crippen LogP contribution is -2.72. The van der Waals surface area contributed by atoms with Crippen molar-refractivity contribution in [2.45, 2.75) is 69.0 Å². The summed E-state index contributed by atoms with van der Waals surface area (Å²) in [6, 6.07) is 0.694. The van der Waals surface area contributed by atoms with E-state index in [9.17, 15) is 18.0 Å². The summed E-state index contributed by atoms with van der Waals surface area (Å²) >= 11 is 0. The Balaban J connectivity index is 1.47. The van der Waals surface area contributed by atoms with Crippen LogP contribution in [0.25, 0.3) is 0 Å². The number of hydrazine groups is 1. The molecule has 0 bridgehead atoms. The van der Waals surface area contributed by atoms with Crippen molar-refractivity contribution in [3.63, 3.8) is 0 Å². The van der Waals surface area contributed by atoms with Crippen LogP contribution in [0.4, 0.5) is 13.2 Å². The first-order valence-electron chi connectivity index (χ1n) is 11.2. The Labute approximate surface area is 176 Å². The average Bonchev–Trinajstić information content (AvgIpc) is 3.17. The van der Waals surface area contributed by atoms with Gasteiger partial charge >= 0.3 is 6.18 Å². The number of piperidine rings is 1. The molecule has 1 aliphatic carbocycles. The first-order chi connectivity index (χ1) is 14.3. The van der Waals surface area contributed by atoms with Crippen LogP contribution in [0.5, 0.6) is 0 Å². The Morgan fingerprint density at radius 1 is 1.03 bits per heavy atom. The molecule has 3 aliphatic heterocycles. The van der Waals surface area contributed by atoms with E-state index in [1.165, 1.54) is 6.08 Å². The maximum Gasteiger partial charge on any atom is 0.391 e. The van der Waals surface area contributed by atoms with Crippen LogP contribution < -0.4 is 16.1 Å². The fraction of sp³-hybridized carbons (Fsp3) is 0.857. The largest absolute Gasteiger partial charge is 0.391 e. The third-order valence-corrected chi connectivity index (χ3v) is 7.68. The molecule has 0 spiro atoms. The predicted octanol–water partition coefficient (Wildman–Crippen LogP) is 1.85. The molecule has 30 heavy (non-hydrogen) atoms. The number of nitrogens with one attached hydrogen (secondary N) is 3. The molecule has 1 saturated carbocycles. The van der Waals surface area contributed by atoms with E-state index in [1.807, 2.05) is 11.9 Å². The van der Waals surface area contributed by atoms with Gasteiger partial charge in [0.25, 0.3) is 0 Å². The van der Waals surface area contributed by atoms with E-state index in [0.29, 0.717) is 31.3 Å². The van der Waals surface area contributed by atoms with Gasteiger partial charge in [-0.3, -0.25) is 20.9 Å². The SMILES string of the molecule is C=CC(=O)N1CCC2C(C1)NC(C1CCC(C(F)(F)F)CC1)NC2C1CCN(C)N1. The lowest BCUT2D eigenvalue weighted by Gasteiger charge is -2.52. The average molecular weight is 430 g/mol. The van der Waals surface area contributed by atoms with E-state index in [4.69, 9.17) is 0 Å². The zero-order valence-electron chi connectivity index (χ0n) is 17.6. The van der Waals surface area contributed by atoms with Crippen molar-refractivity contribution in [2.75, 3.05) is 26.7 Å². The highest BCUT2D eigenvalue weighted by Crippen LogP contribution is 2.41. The van der Waals surface area contributed by atoms with Gasteiger partial charge in [0.15, 0.2) is 0 Å². The van der Waals surface area contributed by atoms with Crippen molar-refractivity contribution < 1.29 is 18.0 Å². The van der Waals surface area contributed by atoms with Gasteiger partial charge < -0.3 is 4.90 Å². The van der Waals surface area contributed by atoms with Crippen LogP contribution in [0, 0.1) is 17.8 Å². The summed E-state index contributed by atoms with van der Waals surface area (Å²) < 4.78 is 39.3.